The van der Waals surface area contributed by atoms with Crippen LogP contribution in [0.1, 0.15) is 116 Å². The second-order valence-electron chi connectivity index (χ2n) is 24.0. The molecule has 0 spiro atoms. The molecule has 81 heavy (non-hydrogen) atoms. The highest BCUT2D eigenvalue weighted by atomic mass is 32.2. The smallest absolute Gasteiger partial charge is 0.147 e. The van der Waals surface area contributed by atoms with E-state index in [0.29, 0.717) is 63.9 Å². The average Bonchev–Trinajstić information content (AvgIpc) is 3.53. The van der Waals surface area contributed by atoms with Gasteiger partial charge in [0, 0.05) is 23.6 Å². The summed E-state index contributed by atoms with van der Waals surface area (Å²) in [7, 11) is 0. The summed E-state index contributed by atoms with van der Waals surface area (Å²) in [6.07, 6.45) is 3.40. The van der Waals surface area contributed by atoms with Crippen molar-refractivity contribution in [1.29, 1.82) is 0 Å². The van der Waals surface area contributed by atoms with Crippen LogP contribution in [-0.2, 0) is 35.9 Å². The monoisotopic (exact) mass is 1170 g/mol. The topological polar surface area (TPSA) is 130 Å². The number of ether oxygens (including phenoxy) is 7. The molecule has 0 fully saturated rings. The van der Waals surface area contributed by atoms with E-state index in [-0.39, 0.29) is 59.6 Å². The number of fused-ring (bicyclic) bond motifs is 2. The summed E-state index contributed by atoms with van der Waals surface area (Å²) in [6.45, 7) is 31.1. The maximum atomic E-state index is 10.5. The van der Waals surface area contributed by atoms with Crippen LogP contribution in [0.15, 0.2) is 146 Å². The van der Waals surface area contributed by atoms with Crippen molar-refractivity contribution in [1.82, 2.24) is 0 Å². The van der Waals surface area contributed by atoms with Crippen LogP contribution >= 0.6 is 47.0 Å². The molecule has 0 aromatic heterocycles. The van der Waals surface area contributed by atoms with Crippen molar-refractivity contribution in [2.45, 2.75) is 144 Å². The third kappa shape index (κ3) is 17.0. The highest BCUT2D eigenvalue weighted by Gasteiger charge is 2.31. The third-order valence-corrected chi connectivity index (χ3v) is 17.6. The first kappa shape index (κ1) is 61.8. The Hall–Kier alpha value is -5.26. The van der Waals surface area contributed by atoms with Crippen molar-refractivity contribution < 1.29 is 43.4 Å². The minimum atomic E-state index is -0.262. The molecule has 2 N–H and O–H groups in total. The molecule has 6 aromatic carbocycles. The molecule has 0 atom stereocenters. The van der Waals surface area contributed by atoms with Crippen molar-refractivity contribution in [2.75, 3.05) is 79.2 Å². The minimum Gasteiger partial charge on any atom is -0.507 e. The van der Waals surface area contributed by atoms with Crippen LogP contribution in [-0.4, -0.2) is 102 Å². The Bertz CT molecular complexity index is 2880. The van der Waals surface area contributed by atoms with E-state index < -0.39 is 0 Å². The summed E-state index contributed by atoms with van der Waals surface area (Å²) >= 11 is 6.56. The first-order valence-corrected chi connectivity index (χ1v) is 31.0. The van der Waals surface area contributed by atoms with Crippen LogP contribution in [0.2, 0.25) is 0 Å². The van der Waals surface area contributed by atoms with Crippen molar-refractivity contribution in [3.05, 3.63) is 130 Å². The molecule has 0 unspecified atom stereocenters. The number of nitrogens with zero attached hydrogens (tertiary/aromatic N) is 2. The Labute approximate surface area is 497 Å². The summed E-state index contributed by atoms with van der Waals surface area (Å²) in [4.78, 5) is 16.9. The first-order chi connectivity index (χ1) is 38.5. The van der Waals surface area contributed by atoms with Gasteiger partial charge in [-0.2, -0.15) is 0 Å². The Morgan fingerprint density at radius 1 is 0.407 bits per heavy atom. The molecule has 0 saturated carbocycles. The molecule has 2 aliphatic rings. The summed E-state index contributed by atoms with van der Waals surface area (Å²) in [5, 5.41) is 21.1. The van der Waals surface area contributed by atoms with Crippen molar-refractivity contribution in [3.8, 4) is 34.5 Å². The molecule has 0 saturated heterocycles. The van der Waals surface area contributed by atoms with E-state index in [1.165, 1.54) is 0 Å². The van der Waals surface area contributed by atoms with Gasteiger partial charge >= 0.3 is 0 Å². The lowest BCUT2D eigenvalue weighted by Gasteiger charge is -2.28. The highest BCUT2D eigenvalue weighted by Crippen LogP contribution is 2.56. The zero-order valence-electron chi connectivity index (χ0n) is 49.2. The van der Waals surface area contributed by atoms with E-state index in [1.54, 1.807) is 83.7 Å². The summed E-state index contributed by atoms with van der Waals surface area (Å²) in [6, 6.07) is 32.6. The number of phenolic OH excluding ortho intramolecular Hbond substituents is 2. The number of benzene rings is 6. The Morgan fingerprint density at radius 3 is 0.963 bits per heavy atom. The molecular weight excluding hydrogens is 1090 g/mol. The van der Waals surface area contributed by atoms with E-state index in [4.69, 9.17) is 43.1 Å². The van der Waals surface area contributed by atoms with Gasteiger partial charge in [0.25, 0.3) is 0 Å². The second kappa shape index (κ2) is 27.4. The quantitative estimate of drug-likeness (QED) is 0.0996. The van der Waals surface area contributed by atoms with Gasteiger partial charge in [-0.05, 0) is 117 Å². The molecule has 10 bridgehead atoms. The molecule has 8 rings (SSSR count). The standard InChI is InChI=1S/C66H80N2O9S4/c1-63(2,3)45-33-51-59(74-23-21-67-41-43-17-13-15-19-49(43)69)52(34-45)79-56-38-48(66(10,11)12)40-58-62(56)77-32-30-73-28-26-71-25-27-72-29-31-76-61-55(78-51)37-47(65(7,8)9)39-57(61)80-53-35-46(64(4,5)6)36-54(81-58)60(53)75-24-22-68-42-44-18-14-16-20-50(44)70/h13-20,33-42,69-70H,21-32H2,1-12H3. The highest BCUT2D eigenvalue weighted by molar-refractivity contribution is 8.01. The fourth-order valence-corrected chi connectivity index (χ4v) is 13.3. The zero-order valence-corrected chi connectivity index (χ0v) is 52.4. The van der Waals surface area contributed by atoms with E-state index in [0.717, 1.165) is 84.4 Å². The SMILES string of the molecule is CC(C)(C)c1cc2c(OCCN=Cc3ccccc3O)c(c1)Sc1cc(C(C)(C)C)cc3c1OCCOCCOCCOCCOc1c(cc(C(C)(C)C)cc1Sc1cc(C(C)(C)C)cc(c1OCCN=Cc1ccccc1O)S3)S2. The van der Waals surface area contributed by atoms with Crippen LogP contribution < -0.4 is 18.9 Å². The van der Waals surface area contributed by atoms with Gasteiger partial charge in [0.2, 0.25) is 0 Å². The summed E-state index contributed by atoms with van der Waals surface area (Å²) in [5.41, 5.74) is 4.80. The number of phenols is 2. The number of aliphatic imine (C=N–C) groups is 2. The molecule has 432 valence electrons. The molecular formula is C66H80N2O9S4. The van der Waals surface area contributed by atoms with E-state index >= 15 is 0 Å². The van der Waals surface area contributed by atoms with Crippen molar-refractivity contribution in [3.63, 3.8) is 0 Å². The van der Waals surface area contributed by atoms with Gasteiger partial charge in [-0.3, -0.25) is 9.98 Å². The van der Waals surface area contributed by atoms with Crippen LogP contribution in [0.25, 0.3) is 0 Å². The molecule has 0 amide bonds. The zero-order chi connectivity index (χ0) is 58.0. The lowest BCUT2D eigenvalue weighted by Crippen LogP contribution is -2.16. The molecule has 11 nitrogen and oxygen atoms in total. The second-order valence-corrected chi connectivity index (χ2v) is 28.4. The van der Waals surface area contributed by atoms with Crippen LogP contribution in [0, 0.1) is 0 Å². The first-order valence-electron chi connectivity index (χ1n) is 27.8. The fraction of sp³-hybridized carbons (Fsp3) is 0.424. The molecule has 0 aliphatic carbocycles. The maximum absolute atomic E-state index is 10.5. The summed E-state index contributed by atoms with van der Waals surface area (Å²) in [5.74, 6) is 3.24. The normalized spacial score (nSPS) is 15.3. The van der Waals surface area contributed by atoms with Gasteiger partial charge in [-0.15, -0.1) is 0 Å². The minimum absolute atomic E-state index is 0.172. The molecule has 0 radical (unpaired) electrons. The van der Waals surface area contributed by atoms with Gasteiger partial charge in [0.15, 0.2) is 0 Å². The Kier molecular flexibility index (Phi) is 20.9. The van der Waals surface area contributed by atoms with Gasteiger partial charge in [0.05, 0.1) is 91.9 Å². The maximum Gasteiger partial charge on any atom is 0.147 e. The molecule has 6 aromatic rings. The van der Waals surface area contributed by atoms with E-state index in [9.17, 15) is 10.2 Å². The van der Waals surface area contributed by atoms with Crippen LogP contribution in [0.3, 0.4) is 0 Å². The van der Waals surface area contributed by atoms with Gasteiger partial charge in [-0.25, -0.2) is 0 Å². The predicted molar refractivity (Wildman–Crippen MR) is 333 cm³/mol. The van der Waals surface area contributed by atoms with Crippen LogP contribution in [0.4, 0.5) is 0 Å². The van der Waals surface area contributed by atoms with Gasteiger partial charge in [-0.1, -0.05) is 154 Å². The third-order valence-electron chi connectivity index (χ3n) is 13.4. The van der Waals surface area contributed by atoms with Gasteiger partial charge in [0.1, 0.15) is 60.9 Å². The number of hydrogen-bond donors (Lipinski definition) is 2. The lowest BCUT2D eigenvalue weighted by molar-refractivity contribution is 0.00450. The molecule has 2 heterocycles. The number of para-hydroxylation sites is 2. The van der Waals surface area contributed by atoms with E-state index in [2.05, 4.69) is 132 Å². The van der Waals surface area contributed by atoms with E-state index in [1.807, 2.05) is 24.3 Å². The van der Waals surface area contributed by atoms with Crippen molar-refractivity contribution in [2.24, 2.45) is 9.98 Å². The number of hydrogen-bond acceptors (Lipinski definition) is 15. The lowest BCUT2D eigenvalue weighted by atomic mass is 9.87. The van der Waals surface area contributed by atoms with Crippen molar-refractivity contribution >= 4 is 59.5 Å². The fourth-order valence-electron chi connectivity index (χ4n) is 8.56. The predicted octanol–water partition coefficient (Wildman–Crippen LogP) is 16.0. The summed E-state index contributed by atoms with van der Waals surface area (Å²) < 4.78 is 46.5. The van der Waals surface area contributed by atoms with Crippen LogP contribution in [0.5, 0.6) is 34.5 Å². The Balaban J connectivity index is 1.41. The average molecular weight is 1170 g/mol. The number of rotatable bonds is 10. The Morgan fingerprint density at radius 2 is 0.679 bits per heavy atom. The number of aromatic hydroxyl groups is 2. The van der Waals surface area contributed by atoms with Gasteiger partial charge < -0.3 is 43.4 Å². The molecule has 15 heteroatoms. The molecule has 2 aliphatic heterocycles. The largest absolute Gasteiger partial charge is 0.507 e.